The molecule has 0 unspecified atom stereocenters. The molecule has 1 aliphatic heterocycles. The predicted octanol–water partition coefficient (Wildman–Crippen LogP) is 3.11. The van der Waals surface area contributed by atoms with Crippen molar-refractivity contribution >= 4 is 29.9 Å². The van der Waals surface area contributed by atoms with Gasteiger partial charge in [-0.1, -0.05) is 0 Å². The van der Waals surface area contributed by atoms with Crippen molar-refractivity contribution in [2.24, 2.45) is 0 Å². The molecule has 0 nitrogen and oxygen atoms in total. The molecule has 0 N–H and O–H groups in total. The topological polar surface area (TPSA) is 0 Å². The van der Waals surface area contributed by atoms with Crippen LogP contribution in [0.5, 0.6) is 0 Å². The quantitative estimate of drug-likeness (QED) is 0.698. The van der Waals surface area contributed by atoms with Crippen LogP contribution in [0, 0.1) is 0 Å². The average Bonchev–Trinajstić information content (AvgIpc) is 2.18. The van der Waals surface area contributed by atoms with E-state index < -0.39 is 0 Å². The first kappa shape index (κ1) is 10.8. The van der Waals surface area contributed by atoms with Crippen LogP contribution >= 0.6 is 0 Å². The van der Waals surface area contributed by atoms with Crippen molar-refractivity contribution in [3.8, 4) is 0 Å². The van der Waals surface area contributed by atoms with Crippen LogP contribution in [0.4, 0.5) is 0 Å². The van der Waals surface area contributed by atoms with Crippen molar-refractivity contribution in [2.75, 3.05) is 0 Å². The van der Waals surface area contributed by atoms with E-state index in [0.717, 1.165) is 43.3 Å². The molecule has 2 atom stereocenters. The summed E-state index contributed by atoms with van der Waals surface area (Å²) in [6.45, 7) is 4.86. The fourth-order valence-electron chi connectivity index (χ4n) is 1.80. The Kier molecular flexibility index (Phi) is 3.73. The number of rotatable bonds is 1. The Hall–Kier alpha value is 0.259. The van der Waals surface area contributed by atoms with Gasteiger partial charge < -0.3 is 0 Å². The summed E-state index contributed by atoms with van der Waals surface area (Å²) in [6.07, 6.45) is 1.48. The minimum atomic E-state index is 0.841. The summed E-state index contributed by atoms with van der Waals surface area (Å²) >= 11 is 1.68. The van der Waals surface area contributed by atoms with Gasteiger partial charge in [-0.3, -0.25) is 0 Å². The molecule has 2 rings (SSSR count). The molecule has 76 valence electrons. The zero-order chi connectivity index (χ0) is 9.97. The van der Waals surface area contributed by atoms with Gasteiger partial charge in [-0.25, -0.2) is 0 Å². The maximum atomic E-state index is 2.43. The zero-order valence-corrected chi connectivity index (χ0v) is 12.1. The molecule has 0 saturated carbocycles. The van der Waals surface area contributed by atoms with Gasteiger partial charge >= 0.3 is 99.4 Å². The maximum absolute atomic E-state index is 2.43. The Morgan fingerprint density at radius 2 is 1.57 bits per heavy atom. The predicted molar refractivity (Wildman–Crippen MR) is 64.2 cm³/mol. The molecule has 2 heteroatoms. The summed E-state index contributed by atoms with van der Waals surface area (Å²) in [7, 11) is 0. The van der Waals surface area contributed by atoms with Crippen LogP contribution in [0.25, 0.3) is 0 Å². The first-order valence-electron chi connectivity index (χ1n) is 5.11. The van der Waals surface area contributed by atoms with Crippen molar-refractivity contribution in [1.82, 2.24) is 0 Å². The van der Waals surface area contributed by atoms with Crippen molar-refractivity contribution < 1.29 is 0 Å². The molecule has 1 aromatic carbocycles. The first-order valence-corrected chi connectivity index (χ1v) is 9.07. The van der Waals surface area contributed by atoms with Crippen molar-refractivity contribution in [3.05, 3.63) is 35.9 Å². The Bertz CT molecular complexity index is 274. The van der Waals surface area contributed by atoms with Crippen LogP contribution in [0.2, 0.25) is 9.63 Å². The van der Waals surface area contributed by atoms with Gasteiger partial charge in [-0.2, -0.15) is 0 Å². The molecule has 0 aliphatic carbocycles. The number of hydrogen-bond donors (Lipinski definition) is 0. The van der Waals surface area contributed by atoms with Gasteiger partial charge in [-0.15, -0.1) is 0 Å². The Morgan fingerprint density at radius 3 is 2.14 bits per heavy atom. The molecule has 1 aromatic rings. The van der Waals surface area contributed by atoms with E-state index in [1.807, 2.05) is 0 Å². The van der Waals surface area contributed by atoms with E-state index in [2.05, 4.69) is 44.2 Å². The van der Waals surface area contributed by atoms with Crippen LogP contribution in [-0.2, 0) is 0 Å². The monoisotopic (exact) mass is 320 g/mol. The van der Waals surface area contributed by atoms with Gasteiger partial charge in [0.1, 0.15) is 0 Å². The molecule has 0 aromatic heterocycles. The van der Waals surface area contributed by atoms with Gasteiger partial charge in [0, 0.05) is 0 Å². The molecule has 14 heavy (non-hydrogen) atoms. The molecule has 1 saturated heterocycles. The Labute approximate surface area is 99.2 Å². The second kappa shape index (κ2) is 4.85. The zero-order valence-electron chi connectivity index (χ0n) is 8.64. The molecular formula is C12H16Se2. The first-order chi connectivity index (χ1) is 6.75. The molecule has 0 radical (unpaired) electrons. The van der Waals surface area contributed by atoms with Crippen molar-refractivity contribution in [2.45, 2.75) is 33.6 Å². The molecule has 0 spiro atoms. The summed E-state index contributed by atoms with van der Waals surface area (Å²) in [6, 6.07) is 11.1. The minimum absolute atomic E-state index is 0.841. The molecular weight excluding hydrogens is 302 g/mol. The van der Waals surface area contributed by atoms with Gasteiger partial charge in [0.05, 0.1) is 0 Å². The third kappa shape index (κ3) is 2.64. The van der Waals surface area contributed by atoms with Gasteiger partial charge in [-0.05, 0) is 0 Å². The van der Waals surface area contributed by atoms with Crippen LogP contribution in [0.15, 0.2) is 30.3 Å². The summed E-state index contributed by atoms with van der Waals surface area (Å²) in [4.78, 5) is 1.97. The molecule has 1 aliphatic rings. The van der Waals surface area contributed by atoms with E-state index in [1.54, 1.807) is 5.56 Å². The molecule has 0 bridgehead atoms. The number of benzene rings is 1. The number of hydrogen-bond acceptors (Lipinski definition) is 0. The van der Waals surface area contributed by atoms with Gasteiger partial charge in [0.2, 0.25) is 0 Å². The molecule has 1 fully saturated rings. The Morgan fingerprint density at radius 1 is 1.00 bits per heavy atom. The van der Waals surface area contributed by atoms with Crippen LogP contribution in [0.3, 0.4) is 0 Å². The summed E-state index contributed by atoms with van der Waals surface area (Å²) in [5.74, 6) is 0. The van der Waals surface area contributed by atoms with Crippen LogP contribution < -0.4 is 0 Å². The van der Waals surface area contributed by atoms with Crippen molar-refractivity contribution in [1.29, 1.82) is 0 Å². The van der Waals surface area contributed by atoms with Crippen molar-refractivity contribution in [3.63, 3.8) is 0 Å². The van der Waals surface area contributed by atoms with E-state index in [9.17, 15) is 0 Å². The van der Waals surface area contributed by atoms with Crippen LogP contribution in [-0.4, -0.2) is 29.9 Å². The standard InChI is InChI=1S/C12H16Se2/c1-9-8-10(2)14-12(13-9)11-6-4-3-5-7-11/h3-7,9-10,12H,8H2,1-2H3/t9-,10-/m1/s1. The van der Waals surface area contributed by atoms with E-state index in [0.29, 0.717) is 0 Å². The molecule has 0 amide bonds. The van der Waals surface area contributed by atoms with E-state index in [-0.39, 0.29) is 0 Å². The summed E-state index contributed by atoms with van der Waals surface area (Å²) in [5, 5.41) is 0. The molecule has 1 heterocycles. The second-order valence-electron chi connectivity index (χ2n) is 3.87. The second-order valence-corrected chi connectivity index (χ2v) is 11.9. The third-order valence-electron chi connectivity index (χ3n) is 2.45. The fraction of sp³-hybridized carbons (Fsp3) is 0.500. The normalized spacial score (nSPS) is 32.9. The van der Waals surface area contributed by atoms with Gasteiger partial charge in [0.25, 0.3) is 0 Å². The SMILES string of the molecule is C[C@@H]1C[C@@H](C)[Se]C(c2ccccc2)[Se]1. The van der Waals surface area contributed by atoms with E-state index in [4.69, 9.17) is 0 Å². The third-order valence-corrected chi connectivity index (χ3v) is 9.81. The Balaban J connectivity index is 2.11. The van der Waals surface area contributed by atoms with Gasteiger partial charge in [0.15, 0.2) is 0 Å². The average molecular weight is 318 g/mol. The summed E-state index contributed by atoms with van der Waals surface area (Å²) < 4.78 is 0.940. The summed E-state index contributed by atoms with van der Waals surface area (Å²) in [5.41, 5.74) is 1.60. The van der Waals surface area contributed by atoms with E-state index in [1.165, 1.54) is 6.42 Å². The fourth-order valence-corrected chi connectivity index (χ4v) is 12.2. The van der Waals surface area contributed by atoms with E-state index >= 15 is 0 Å². The van der Waals surface area contributed by atoms with Crippen LogP contribution in [0.1, 0.15) is 29.5 Å².